The molecule has 0 aromatic carbocycles. The highest BCUT2D eigenvalue weighted by Crippen LogP contribution is 2.09. The van der Waals surface area contributed by atoms with Crippen LogP contribution in [0, 0.1) is 0 Å². The predicted octanol–water partition coefficient (Wildman–Crippen LogP) is 0.560. The monoisotopic (exact) mass is 202 g/mol. The minimum atomic E-state index is 0.395. The van der Waals surface area contributed by atoms with Crippen LogP contribution in [0.25, 0.3) is 0 Å². The normalized spacial score (nSPS) is 23.3. The summed E-state index contributed by atoms with van der Waals surface area (Å²) in [5, 5.41) is 2.84. The Kier molecular flexibility index (Phi) is 5.23. The van der Waals surface area contributed by atoms with Crippen molar-refractivity contribution in [2.75, 3.05) is 31.6 Å². The Morgan fingerprint density at radius 3 is 3.23 bits per heavy atom. The van der Waals surface area contributed by atoms with Crippen LogP contribution in [0.1, 0.15) is 12.8 Å². The average molecular weight is 202 g/mol. The summed E-state index contributed by atoms with van der Waals surface area (Å²) in [6.07, 6.45) is 5.32. The van der Waals surface area contributed by atoms with Crippen LogP contribution in [0.2, 0.25) is 0 Å². The minimum absolute atomic E-state index is 0.395. The Bertz CT molecular complexity index is 155. The number of nitrogens with zero attached hydrogens (tertiary/aromatic N) is 1. The number of likely N-dealkylation sites (tertiary alicyclic amines) is 1. The molecule has 1 amide bonds. The Morgan fingerprint density at radius 1 is 1.69 bits per heavy atom. The molecule has 0 aromatic heterocycles. The van der Waals surface area contributed by atoms with Gasteiger partial charge in [0.1, 0.15) is 0 Å². The van der Waals surface area contributed by atoms with Crippen molar-refractivity contribution in [3.05, 3.63) is 0 Å². The van der Waals surface area contributed by atoms with Gasteiger partial charge in [-0.3, -0.25) is 4.79 Å². The standard InChI is InChI=1S/C9H18N2OS/c1-13-6-2-4-11-5-3-9(7-11)10-8-12/h8-9H,2-7H2,1H3,(H,10,12)/t9-/m0/s1. The fourth-order valence-electron chi connectivity index (χ4n) is 1.70. The minimum Gasteiger partial charge on any atom is -0.355 e. The van der Waals surface area contributed by atoms with Gasteiger partial charge in [-0.15, -0.1) is 0 Å². The highest BCUT2D eigenvalue weighted by molar-refractivity contribution is 7.98. The molecule has 1 fully saturated rings. The third-order valence-electron chi connectivity index (χ3n) is 2.40. The van der Waals surface area contributed by atoms with E-state index in [4.69, 9.17) is 0 Å². The van der Waals surface area contributed by atoms with Gasteiger partial charge in [0.25, 0.3) is 0 Å². The lowest BCUT2D eigenvalue weighted by molar-refractivity contribution is -0.110. The van der Waals surface area contributed by atoms with Crippen LogP contribution in [0.4, 0.5) is 0 Å². The number of carbonyl (C=O) groups excluding carboxylic acids is 1. The molecule has 1 rings (SSSR count). The molecule has 13 heavy (non-hydrogen) atoms. The number of rotatable bonds is 6. The fraction of sp³-hybridized carbons (Fsp3) is 0.889. The maximum atomic E-state index is 10.2. The SMILES string of the molecule is CSCCCN1CC[C@H](NC=O)C1. The van der Waals surface area contributed by atoms with E-state index in [2.05, 4.69) is 16.5 Å². The molecule has 1 heterocycles. The zero-order valence-corrected chi connectivity index (χ0v) is 8.98. The molecule has 1 N–H and O–H groups in total. The van der Waals surface area contributed by atoms with Crippen LogP contribution < -0.4 is 5.32 Å². The Hall–Kier alpha value is -0.220. The molecule has 1 aliphatic rings. The lowest BCUT2D eigenvalue weighted by Crippen LogP contribution is -2.31. The third kappa shape index (κ3) is 4.00. The molecule has 3 nitrogen and oxygen atoms in total. The second-order valence-corrected chi connectivity index (χ2v) is 4.40. The maximum absolute atomic E-state index is 10.2. The molecule has 1 atom stereocenters. The number of thioether (sulfide) groups is 1. The zero-order valence-electron chi connectivity index (χ0n) is 8.16. The summed E-state index contributed by atoms with van der Waals surface area (Å²) in [5.74, 6) is 1.24. The summed E-state index contributed by atoms with van der Waals surface area (Å²) < 4.78 is 0. The highest BCUT2D eigenvalue weighted by Gasteiger charge is 2.20. The number of hydrogen-bond acceptors (Lipinski definition) is 3. The lowest BCUT2D eigenvalue weighted by Gasteiger charge is -2.14. The van der Waals surface area contributed by atoms with Crippen molar-refractivity contribution < 1.29 is 4.79 Å². The summed E-state index contributed by atoms with van der Waals surface area (Å²) in [6, 6.07) is 0.395. The van der Waals surface area contributed by atoms with Crippen molar-refractivity contribution >= 4 is 18.2 Å². The number of amides is 1. The maximum Gasteiger partial charge on any atom is 0.207 e. The molecule has 0 bridgehead atoms. The van der Waals surface area contributed by atoms with Gasteiger partial charge in [0, 0.05) is 19.1 Å². The highest BCUT2D eigenvalue weighted by atomic mass is 32.2. The van der Waals surface area contributed by atoms with Crippen LogP contribution in [-0.4, -0.2) is 49.0 Å². The second-order valence-electron chi connectivity index (χ2n) is 3.42. The van der Waals surface area contributed by atoms with E-state index in [-0.39, 0.29) is 0 Å². The number of hydrogen-bond donors (Lipinski definition) is 1. The molecule has 1 saturated heterocycles. The summed E-state index contributed by atoms with van der Waals surface area (Å²) >= 11 is 1.90. The van der Waals surface area contributed by atoms with Gasteiger partial charge >= 0.3 is 0 Å². The number of nitrogens with one attached hydrogen (secondary N) is 1. The molecule has 76 valence electrons. The van der Waals surface area contributed by atoms with Gasteiger partial charge in [-0.05, 0) is 31.4 Å². The summed E-state index contributed by atoms with van der Waals surface area (Å²) in [5.41, 5.74) is 0. The van der Waals surface area contributed by atoms with E-state index < -0.39 is 0 Å². The molecule has 0 aliphatic carbocycles. The zero-order chi connectivity index (χ0) is 9.52. The van der Waals surface area contributed by atoms with Crippen molar-refractivity contribution in [3.63, 3.8) is 0 Å². The Morgan fingerprint density at radius 2 is 2.54 bits per heavy atom. The van der Waals surface area contributed by atoms with Crippen LogP contribution in [-0.2, 0) is 4.79 Å². The van der Waals surface area contributed by atoms with Gasteiger partial charge in [-0.2, -0.15) is 11.8 Å². The van der Waals surface area contributed by atoms with Gasteiger partial charge in [-0.25, -0.2) is 0 Å². The van der Waals surface area contributed by atoms with E-state index in [1.165, 1.54) is 18.7 Å². The molecule has 4 heteroatoms. The third-order valence-corrected chi connectivity index (χ3v) is 3.10. The summed E-state index contributed by atoms with van der Waals surface area (Å²) in [4.78, 5) is 12.6. The van der Waals surface area contributed by atoms with Gasteiger partial charge in [0.2, 0.25) is 6.41 Å². The fourth-order valence-corrected chi connectivity index (χ4v) is 2.12. The largest absolute Gasteiger partial charge is 0.355 e. The smallest absolute Gasteiger partial charge is 0.207 e. The van der Waals surface area contributed by atoms with E-state index >= 15 is 0 Å². The van der Waals surface area contributed by atoms with Gasteiger partial charge in [0.05, 0.1) is 0 Å². The topological polar surface area (TPSA) is 32.3 Å². The van der Waals surface area contributed by atoms with E-state index in [0.29, 0.717) is 6.04 Å². The van der Waals surface area contributed by atoms with E-state index in [1.54, 1.807) is 0 Å². The molecule has 0 saturated carbocycles. The van der Waals surface area contributed by atoms with E-state index in [0.717, 1.165) is 25.9 Å². The molecule has 0 aromatic rings. The molecule has 0 unspecified atom stereocenters. The summed E-state index contributed by atoms with van der Waals surface area (Å²) in [7, 11) is 0. The number of carbonyl (C=O) groups is 1. The lowest BCUT2D eigenvalue weighted by atomic mass is 10.3. The van der Waals surface area contributed by atoms with E-state index in [9.17, 15) is 4.79 Å². The first-order chi connectivity index (χ1) is 6.36. The first-order valence-corrected chi connectivity index (χ1v) is 6.17. The average Bonchev–Trinajstić information content (AvgIpc) is 2.54. The molecule has 0 spiro atoms. The molecular weight excluding hydrogens is 184 g/mol. The molecule has 0 radical (unpaired) electrons. The van der Waals surface area contributed by atoms with Crippen molar-refractivity contribution in [1.29, 1.82) is 0 Å². The van der Waals surface area contributed by atoms with E-state index in [1.807, 2.05) is 11.8 Å². The van der Waals surface area contributed by atoms with Crippen LogP contribution in [0.3, 0.4) is 0 Å². The van der Waals surface area contributed by atoms with Crippen LogP contribution >= 0.6 is 11.8 Å². The van der Waals surface area contributed by atoms with Crippen molar-refractivity contribution in [2.45, 2.75) is 18.9 Å². The van der Waals surface area contributed by atoms with Crippen LogP contribution in [0.15, 0.2) is 0 Å². The molecule has 1 aliphatic heterocycles. The quantitative estimate of drug-likeness (QED) is 0.504. The first-order valence-electron chi connectivity index (χ1n) is 4.78. The van der Waals surface area contributed by atoms with Gasteiger partial charge < -0.3 is 10.2 Å². The van der Waals surface area contributed by atoms with Gasteiger partial charge in [-0.1, -0.05) is 0 Å². The first kappa shape index (κ1) is 10.9. The molecular formula is C9H18N2OS. The Labute approximate surface area is 84.2 Å². The predicted molar refractivity (Wildman–Crippen MR) is 57.0 cm³/mol. The van der Waals surface area contributed by atoms with Crippen LogP contribution in [0.5, 0.6) is 0 Å². The summed E-state index contributed by atoms with van der Waals surface area (Å²) in [6.45, 7) is 3.35. The Balaban J connectivity index is 2.06. The van der Waals surface area contributed by atoms with Crippen molar-refractivity contribution in [1.82, 2.24) is 10.2 Å². The second kappa shape index (κ2) is 6.27. The van der Waals surface area contributed by atoms with Gasteiger partial charge in [0.15, 0.2) is 0 Å². The van der Waals surface area contributed by atoms with Crippen molar-refractivity contribution in [2.24, 2.45) is 0 Å². The van der Waals surface area contributed by atoms with Crippen molar-refractivity contribution in [3.8, 4) is 0 Å².